The van der Waals surface area contributed by atoms with Gasteiger partial charge in [-0.25, -0.2) is 9.97 Å². The number of nitrogens with one attached hydrogen (secondary N) is 1. The summed E-state index contributed by atoms with van der Waals surface area (Å²) in [6.45, 7) is 2.44. The number of amides is 1. The molecular weight excluding hydrogens is 318 g/mol. The summed E-state index contributed by atoms with van der Waals surface area (Å²) in [7, 11) is 1.83. The first-order valence-corrected chi connectivity index (χ1v) is 8.50. The Morgan fingerprint density at radius 1 is 1.50 bits per heavy atom. The van der Waals surface area contributed by atoms with Crippen molar-refractivity contribution >= 4 is 40.0 Å². The van der Waals surface area contributed by atoms with E-state index in [1.165, 1.54) is 18.1 Å². The van der Waals surface area contributed by atoms with Gasteiger partial charge >= 0.3 is 0 Å². The van der Waals surface area contributed by atoms with Crippen LogP contribution < -0.4 is 5.32 Å². The van der Waals surface area contributed by atoms with Crippen LogP contribution in [0.4, 0.5) is 0 Å². The zero-order valence-corrected chi connectivity index (χ0v) is 13.8. The summed E-state index contributed by atoms with van der Waals surface area (Å²) in [6, 6.07) is 3.98. The van der Waals surface area contributed by atoms with Crippen molar-refractivity contribution in [2.24, 2.45) is 7.05 Å². The van der Waals surface area contributed by atoms with Crippen LogP contribution in [0.15, 0.2) is 35.1 Å². The maximum atomic E-state index is 12.2. The Labute approximate surface area is 136 Å². The molecule has 0 aliphatic carbocycles. The number of thioether (sulfide) groups is 1. The van der Waals surface area contributed by atoms with Gasteiger partial charge < -0.3 is 5.32 Å². The van der Waals surface area contributed by atoms with Gasteiger partial charge in [0.05, 0.1) is 23.4 Å². The molecule has 3 rings (SSSR count). The van der Waals surface area contributed by atoms with Crippen LogP contribution in [0, 0.1) is 0 Å². The number of rotatable bonds is 5. The standard InChI is InChI=1S/C14H15N5OS2/c1-9(13(20)15-6-10-4-3-5-21-10)22-14-11-7-18-19(2)12(11)16-8-17-14/h3-5,7-9H,6H2,1-2H3,(H,15,20). The number of fused-ring (bicyclic) bond motifs is 1. The maximum absolute atomic E-state index is 12.2. The lowest BCUT2D eigenvalue weighted by molar-refractivity contribution is -0.120. The molecule has 1 N–H and O–H groups in total. The number of hydrogen-bond donors (Lipinski definition) is 1. The van der Waals surface area contributed by atoms with Crippen molar-refractivity contribution in [1.82, 2.24) is 25.1 Å². The Morgan fingerprint density at radius 2 is 2.36 bits per heavy atom. The molecule has 3 aromatic heterocycles. The van der Waals surface area contributed by atoms with E-state index >= 15 is 0 Å². The molecule has 0 aliphatic heterocycles. The zero-order chi connectivity index (χ0) is 15.5. The van der Waals surface area contributed by atoms with E-state index < -0.39 is 0 Å². The van der Waals surface area contributed by atoms with Crippen LogP contribution >= 0.6 is 23.1 Å². The molecule has 0 fully saturated rings. The number of aromatic nitrogens is 4. The second kappa shape index (κ2) is 6.45. The fourth-order valence-electron chi connectivity index (χ4n) is 1.99. The van der Waals surface area contributed by atoms with Gasteiger partial charge in [0.1, 0.15) is 11.4 Å². The number of hydrogen-bond acceptors (Lipinski definition) is 6. The molecule has 0 saturated heterocycles. The summed E-state index contributed by atoms with van der Waals surface area (Å²) in [5, 5.41) is 10.5. The minimum absolute atomic E-state index is 0.00551. The Balaban J connectivity index is 1.67. The highest BCUT2D eigenvalue weighted by atomic mass is 32.2. The monoisotopic (exact) mass is 333 g/mol. The highest BCUT2D eigenvalue weighted by molar-refractivity contribution is 8.00. The van der Waals surface area contributed by atoms with Gasteiger partial charge in [-0.1, -0.05) is 17.8 Å². The molecule has 0 saturated carbocycles. The third-order valence-electron chi connectivity index (χ3n) is 3.17. The maximum Gasteiger partial charge on any atom is 0.233 e. The molecule has 1 atom stereocenters. The van der Waals surface area contributed by atoms with Crippen LogP contribution in [0.1, 0.15) is 11.8 Å². The van der Waals surface area contributed by atoms with Gasteiger partial charge in [0, 0.05) is 11.9 Å². The van der Waals surface area contributed by atoms with Gasteiger partial charge in [-0.05, 0) is 18.4 Å². The average Bonchev–Trinajstić information content (AvgIpc) is 3.16. The van der Waals surface area contributed by atoms with E-state index in [4.69, 9.17) is 0 Å². The van der Waals surface area contributed by atoms with E-state index in [1.54, 1.807) is 22.2 Å². The summed E-state index contributed by atoms with van der Waals surface area (Å²) < 4.78 is 1.70. The molecule has 0 radical (unpaired) electrons. The van der Waals surface area contributed by atoms with Crippen molar-refractivity contribution in [3.8, 4) is 0 Å². The van der Waals surface area contributed by atoms with E-state index in [0.717, 1.165) is 20.9 Å². The zero-order valence-electron chi connectivity index (χ0n) is 12.2. The average molecular weight is 333 g/mol. The summed E-state index contributed by atoms with van der Waals surface area (Å²) >= 11 is 3.05. The van der Waals surface area contributed by atoms with Crippen LogP contribution in [0.3, 0.4) is 0 Å². The molecule has 0 spiro atoms. The van der Waals surface area contributed by atoms with E-state index in [9.17, 15) is 4.79 Å². The number of nitrogens with zero attached hydrogens (tertiary/aromatic N) is 4. The smallest absolute Gasteiger partial charge is 0.233 e. The topological polar surface area (TPSA) is 72.7 Å². The van der Waals surface area contributed by atoms with Crippen molar-refractivity contribution in [1.29, 1.82) is 0 Å². The van der Waals surface area contributed by atoms with E-state index in [2.05, 4.69) is 20.4 Å². The number of carbonyl (C=O) groups is 1. The Hall–Kier alpha value is -1.93. The highest BCUT2D eigenvalue weighted by Gasteiger charge is 2.17. The molecule has 0 aromatic carbocycles. The minimum Gasteiger partial charge on any atom is -0.350 e. The first-order valence-electron chi connectivity index (χ1n) is 6.74. The predicted octanol–water partition coefficient (Wildman–Crippen LogP) is 2.22. The van der Waals surface area contributed by atoms with Crippen molar-refractivity contribution in [3.63, 3.8) is 0 Å². The number of aryl methyl sites for hydroxylation is 1. The fourth-order valence-corrected chi connectivity index (χ4v) is 3.54. The highest BCUT2D eigenvalue weighted by Crippen LogP contribution is 2.27. The van der Waals surface area contributed by atoms with Gasteiger partial charge in [0.2, 0.25) is 5.91 Å². The molecule has 0 bridgehead atoms. The summed E-state index contributed by atoms with van der Waals surface area (Å²) in [5.74, 6) is -0.00551. The van der Waals surface area contributed by atoms with Crippen molar-refractivity contribution in [2.75, 3.05) is 0 Å². The van der Waals surface area contributed by atoms with Gasteiger partial charge in [0.15, 0.2) is 5.65 Å². The molecule has 3 aromatic rings. The largest absolute Gasteiger partial charge is 0.350 e. The third kappa shape index (κ3) is 3.12. The molecule has 3 heterocycles. The third-order valence-corrected chi connectivity index (χ3v) is 5.16. The number of thiophene rings is 1. The predicted molar refractivity (Wildman–Crippen MR) is 87.8 cm³/mol. The van der Waals surface area contributed by atoms with Crippen molar-refractivity contribution in [3.05, 3.63) is 34.9 Å². The summed E-state index contributed by atoms with van der Waals surface area (Å²) in [4.78, 5) is 21.8. The SMILES string of the molecule is CC(Sc1ncnc2c1cnn2C)C(=O)NCc1cccs1. The lowest BCUT2D eigenvalue weighted by atomic mass is 10.4. The van der Waals surface area contributed by atoms with Crippen LogP contribution in [0.25, 0.3) is 11.0 Å². The van der Waals surface area contributed by atoms with Crippen molar-refractivity contribution < 1.29 is 4.79 Å². The molecule has 0 aliphatic rings. The molecule has 22 heavy (non-hydrogen) atoms. The van der Waals surface area contributed by atoms with E-state index in [0.29, 0.717) is 6.54 Å². The molecule has 1 unspecified atom stereocenters. The minimum atomic E-state index is -0.238. The summed E-state index contributed by atoms with van der Waals surface area (Å²) in [6.07, 6.45) is 3.23. The number of carbonyl (C=O) groups excluding carboxylic acids is 1. The van der Waals surface area contributed by atoms with Crippen LogP contribution in [-0.4, -0.2) is 30.9 Å². The van der Waals surface area contributed by atoms with Gasteiger partial charge in [-0.2, -0.15) is 5.10 Å². The van der Waals surface area contributed by atoms with Crippen molar-refractivity contribution in [2.45, 2.75) is 23.7 Å². The summed E-state index contributed by atoms with van der Waals surface area (Å²) in [5.41, 5.74) is 0.767. The Kier molecular flexibility index (Phi) is 4.39. The first kappa shape index (κ1) is 15.0. The van der Waals surface area contributed by atoms with Gasteiger partial charge in [-0.15, -0.1) is 11.3 Å². The first-order chi connectivity index (χ1) is 10.6. The van der Waals surface area contributed by atoms with E-state index in [-0.39, 0.29) is 11.2 Å². The molecule has 6 nitrogen and oxygen atoms in total. The Morgan fingerprint density at radius 3 is 3.14 bits per heavy atom. The normalized spacial score (nSPS) is 12.5. The fraction of sp³-hybridized carbons (Fsp3) is 0.286. The lowest BCUT2D eigenvalue weighted by Gasteiger charge is -2.11. The quantitative estimate of drug-likeness (QED) is 0.572. The van der Waals surface area contributed by atoms with Crippen LogP contribution in [-0.2, 0) is 18.4 Å². The second-order valence-corrected chi connectivity index (χ2v) is 7.10. The van der Waals surface area contributed by atoms with Gasteiger partial charge in [-0.3, -0.25) is 9.48 Å². The molecule has 114 valence electrons. The van der Waals surface area contributed by atoms with Gasteiger partial charge in [0.25, 0.3) is 0 Å². The molecular formula is C14H15N5OS2. The second-order valence-electron chi connectivity index (χ2n) is 4.74. The lowest BCUT2D eigenvalue weighted by Crippen LogP contribution is -2.30. The van der Waals surface area contributed by atoms with E-state index in [1.807, 2.05) is 31.5 Å². The van der Waals surface area contributed by atoms with Crippen LogP contribution in [0.2, 0.25) is 0 Å². The molecule has 8 heteroatoms. The van der Waals surface area contributed by atoms with Crippen LogP contribution in [0.5, 0.6) is 0 Å². The Bertz CT molecular complexity index is 784. The molecule has 1 amide bonds.